The Balaban J connectivity index is 4.37. The molecule has 11 heavy (non-hydrogen) atoms. The van der Waals surface area contributed by atoms with Gasteiger partial charge >= 0.3 is 11.9 Å². The van der Waals surface area contributed by atoms with Crippen molar-refractivity contribution in [3.8, 4) is 0 Å². The summed E-state index contributed by atoms with van der Waals surface area (Å²) in [5.41, 5.74) is 0. The molecule has 0 amide bonds. The van der Waals surface area contributed by atoms with Crippen LogP contribution < -0.4 is 0 Å². The first kappa shape index (κ1) is 9.50. The lowest BCUT2D eigenvalue weighted by Crippen LogP contribution is -2.37. The molecule has 0 aromatic rings. The second kappa shape index (κ2) is 3.62. The molecule has 0 aromatic heterocycles. The zero-order valence-electron chi connectivity index (χ0n) is 5.17. The van der Waals surface area contributed by atoms with Gasteiger partial charge in [-0.15, -0.1) is 4.91 Å². The zero-order chi connectivity index (χ0) is 9.02. The van der Waals surface area contributed by atoms with Crippen molar-refractivity contribution in [2.24, 2.45) is 5.18 Å². The third-order valence-corrected chi connectivity index (χ3v) is 0.919. The van der Waals surface area contributed by atoms with Gasteiger partial charge in [-0.1, -0.05) is 5.18 Å². The molecule has 7 nitrogen and oxygen atoms in total. The van der Waals surface area contributed by atoms with Crippen molar-refractivity contribution < 1.29 is 24.9 Å². The number of aliphatic hydroxyl groups is 1. The largest absolute Gasteiger partial charge is 0.479 e. The van der Waals surface area contributed by atoms with E-state index in [1.165, 1.54) is 0 Å². The van der Waals surface area contributed by atoms with Crippen molar-refractivity contribution in [1.29, 1.82) is 0 Å². The molecule has 7 heteroatoms. The van der Waals surface area contributed by atoms with Crippen molar-refractivity contribution in [2.45, 2.75) is 12.1 Å². The topological polar surface area (TPSA) is 124 Å². The van der Waals surface area contributed by atoms with Crippen LogP contribution in [0.25, 0.3) is 0 Å². The lowest BCUT2D eigenvalue weighted by Gasteiger charge is -2.05. The van der Waals surface area contributed by atoms with E-state index >= 15 is 0 Å². The van der Waals surface area contributed by atoms with Crippen LogP contribution >= 0.6 is 0 Å². The zero-order valence-corrected chi connectivity index (χ0v) is 5.17. The number of aliphatic hydroxyl groups excluding tert-OH is 1. The molecule has 0 aliphatic carbocycles. The fourth-order valence-electron chi connectivity index (χ4n) is 0.373. The summed E-state index contributed by atoms with van der Waals surface area (Å²) in [6, 6.07) is -2.15. The van der Waals surface area contributed by atoms with Crippen LogP contribution in [0, 0.1) is 4.91 Å². The quantitative estimate of drug-likeness (QED) is 0.440. The van der Waals surface area contributed by atoms with Crippen molar-refractivity contribution in [1.82, 2.24) is 0 Å². The van der Waals surface area contributed by atoms with E-state index in [0.29, 0.717) is 0 Å². The first-order chi connectivity index (χ1) is 5.00. The fourth-order valence-corrected chi connectivity index (χ4v) is 0.373. The first-order valence-corrected chi connectivity index (χ1v) is 2.47. The maximum atomic E-state index is 9.96. The first-order valence-electron chi connectivity index (χ1n) is 2.47. The van der Waals surface area contributed by atoms with E-state index in [0.717, 1.165) is 0 Å². The van der Waals surface area contributed by atoms with Gasteiger partial charge in [0.15, 0.2) is 6.10 Å². The standard InChI is InChI=1S/C4H5NO6/c6-2(4(9)10)1(5-11)3(7)8/h1-2,6H,(H,7,8)(H,9,10)/t1-,2-/m1/s1. The van der Waals surface area contributed by atoms with Crippen LogP contribution in [0.4, 0.5) is 0 Å². The Labute approximate surface area is 60.2 Å². The van der Waals surface area contributed by atoms with E-state index in [9.17, 15) is 14.5 Å². The summed E-state index contributed by atoms with van der Waals surface area (Å²) in [6.07, 6.45) is -2.29. The summed E-state index contributed by atoms with van der Waals surface area (Å²) in [7, 11) is 0. The predicted octanol–water partition coefficient (Wildman–Crippen LogP) is -1.35. The van der Waals surface area contributed by atoms with Gasteiger partial charge in [-0.05, 0) is 0 Å². The molecule has 0 saturated heterocycles. The molecule has 0 aliphatic rings. The Bertz CT molecular complexity index is 189. The molecule has 0 aliphatic heterocycles. The smallest absolute Gasteiger partial charge is 0.335 e. The molecule has 0 saturated carbocycles. The molecule has 0 radical (unpaired) electrons. The average Bonchev–Trinajstić information content (AvgIpc) is 1.88. The monoisotopic (exact) mass is 163 g/mol. The van der Waals surface area contributed by atoms with Crippen LogP contribution in [0.5, 0.6) is 0 Å². The minimum absolute atomic E-state index is 1.77. The minimum Gasteiger partial charge on any atom is -0.479 e. The summed E-state index contributed by atoms with van der Waals surface area (Å²) in [4.78, 5) is 29.5. The van der Waals surface area contributed by atoms with Crippen molar-refractivity contribution in [3.05, 3.63) is 4.91 Å². The molecule has 0 rings (SSSR count). The molecule has 0 heterocycles. The van der Waals surface area contributed by atoms with Crippen LogP contribution in [-0.2, 0) is 9.59 Å². The number of carboxylic acid groups (broad SMARTS) is 2. The van der Waals surface area contributed by atoms with E-state index in [1.54, 1.807) is 0 Å². The van der Waals surface area contributed by atoms with Gasteiger partial charge in [0.2, 0.25) is 6.04 Å². The van der Waals surface area contributed by atoms with Gasteiger partial charge in [-0.3, -0.25) is 0 Å². The van der Waals surface area contributed by atoms with Crippen molar-refractivity contribution >= 4 is 11.9 Å². The highest BCUT2D eigenvalue weighted by Gasteiger charge is 2.33. The Kier molecular flexibility index (Phi) is 3.12. The number of carbonyl (C=O) groups is 2. The van der Waals surface area contributed by atoms with Gasteiger partial charge in [0.05, 0.1) is 0 Å². The van der Waals surface area contributed by atoms with Crippen LogP contribution in [0.15, 0.2) is 5.18 Å². The maximum absolute atomic E-state index is 9.96. The van der Waals surface area contributed by atoms with Crippen LogP contribution in [0.2, 0.25) is 0 Å². The van der Waals surface area contributed by atoms with E-state index in [-0.39, 0.29) is 0 Å². The third-order valence-electron chi connectivity index (χ3n) is 0.919. The number of nitroso groups, excluding NO2 is 1. The third kappa shape index (κ3) is 2.30. The molecule has 3 N–H and O–H groups in total. The second-order valence-electron chi connectivity index (χ2n) is 1.67. The normalized spacial score (nSPS) is 15.0. The number of carboxylic acids is 2. The van der Waals surface area contributed by atoms with E-state index in [1.807, 2.05) is 5.18 Å². The number of nitrogens with zero attached hydrogens (tertiary/aromatic N) is 1. The Morgan fingerprint density at radius 2 is 1.64 bits per heavy atom. The number of hydrogen-bond donors (Lipinski definition) is 3. The van der Waals surface area contributed by atoms with Gasteiger partial charge in [-0.2, -0.15) is 0 Å². The van der Waals surface area contributed by atoms with Crippen molar-refractivity contribution in [2.75, 3.05) is 0 Å². The molecule has 0 unspecified atom stereocenters. The minimum atomic E-state index is -2.29. The molecule has 62 valence electrons. The molecule has 0 spiro atoms. The number of aliphatic carboxylic acids is 2. The summed E-state index contributed by atoms with van der Waals surface area (Å²) in [5.74, 6) is -3.56. The Morgan fingerprint density at radius 3 is 1.73 bits per heavy atom. The van der Waals surface area contributed by atoms with Crippen LogP contribution in [0.3, 0.4) is 0 Å². The van der Waals surface area contributed by atoms with E-state index in [4.69, 9.17) is 15.3 Å². The molecule has 0 fully saturated rings. The maximum Gasteiger partial charge on any atom is 0.335 e. The van der Waals surface area contributed by atoms with E-state index in [2.05, 4.69) is 0 Å². The Morgan fingerprint density at radius 1 is 1.18 bits per heavy atom. The highest BCUT2D eigenvalue weighted by Crippen LogP contribution is 1.98. The lowest BCUT2D eigenvalue weighted by atomic mass is 10.2. The van der Waals surface area contributed by atoms with Crippen LogP contribution in [0.1, 0.15) is 0 Å². The SMILES string of the molecule is O=N[C@@H](C(=O)O)[C@@H](O)C(=O)O. The molecular weight excluding hydrogens is 158 g/mol. The van der Waals surface area contributed by atoms with Crippen LogP contribution in [-0.4, -0.2) is 39.4 Å². The molecular formula is C4H5NO6. The fraction of sp³-hybridized carbons (Fsp3) is 0.500. The number of hydrogen-bond acceptors (Lipinski definition) is 5. The highest BCUT2D eigenvalue weighted by atomic mass is 16.4. The summed E-state index contributed by atoms with van der Waals surface area (Å²) in [5, 5.41) is 26.5. The lowest BCUT2D eigenvalue weighted by molar-refractivity contribution is -0.154. The van der Waals surface area contributed by atoms with Crippen molar-refractivity contribution in [3.63, 3.8) is 0 Å². The summed E-state index contributed by atoms with van der Waals surface area (Å²) >= 11 is 0. The van der Waals surface area contributed by atoms with Gasteiger partial charge in [0.25, 0.3) is 0 Å². The highest BCUT2D eigenvalue weighted by molar-refractivity contribution is 5.84. The number of rotatable bonds is 4. The van der Waals surface area contributed by atoms with Gasteiger partial charge in [0, 0.05) is 0 Å². The van der Waals surface area contributed by atoms with Gasteiger partial charge < -0.3 is 15.3 Å². The average molecular weight is 163 g/mol. The Hall–Kier alpha value is -1.50. The van der Waals surface area contributed by atoms with E-state index < -0.39 is 24.1 Å². The summed E-state index contributed by atoms with van der Waals surface area (Å²) in [6.45, 7) is 0. The molecule has 2 atom stereocenters. The molecule has 0 aromatic carbocycles. The molecule has 0 bridgehead atoms. The second-order valence-corrected chi connectivity index (χ2v) is 1.67. The van der Waals surface area contributed by atoms with Gasteiger partial charge in [-0.25, -0.2) is 9.59 Å². The summed E-state index contributed by atoms with van der Waals surface area (Å²) < 4.78 is 0. The predicted molar refractivity (Wildman–Crippen MR) is 30.9 cm³/mol. The van der Waals surface area contributed by atoms with Gasteiger partial charge in [0.1, 0.15) is 0 Å².